The van der Waals surface area contributed by atoms with Gasteiger partial charge in [-0.05, 0) is 76.2 Å². The summed E-state index contributed by atoms with van der Waals surface area (Å²) in [6.07, 6.45) is 8.77. The summed E-state index contributed by atoms with van der Waals surface area (Å²) in [7, 11) is 4.31. The fourth-order valence-corrected chi connectivity index (χ4v) is 6.40. The van der Waals surface area contributed by atoms with E-state index in [9.17, 15) is 9.59 Å². The summed E-state index contributed by atoms with van der Waals surface area (Å²) in [5.41, 5.74) is 1.47. The van der Waals surface area contributed by atoms with E-state index in [1.165, 1.54) is 31.0 Å². The highest BCUT2D eigenvalue weighted by Crippen LogP contribution is 2.49. The van der Waals surface area contributed by atoms with Crippen molar-refractivity contribution in [1.29, 1.82) is 5.26 Å². The van der Waals surface area contributed by atoms with Crippen LogP contribution in [0.1, 0.15) is 56.1 Å². The van der Waals surface area contributed by atoms with E-state index in [1.54, 1.807) is 17.0 Å². The minimum absolute atomic E-state index is 0.000933. The zero-order valence-electron chi connectivity index (χ0n) is 21.8. The van der Waals surface area contributed by atoms with E-state index < -0.39 is 0 Å². The maximum Gasteiger partial charge on any atom is 0.321 e. The van der Waals surface area contributed by atoms with Gasteiger partial charge in [0.2, 0.25) is 5.91 Å². The van der Waals surface area contributed by atoms with Gasteiger partial charge in [-0.3, -0.25) is 9.69 Å². The van der Waals surface area contributed by atoms with E-state index in [-0.39, 0.29) is 29.6 Å². The number of aromatic nitrogens is 1. The third-order valence-electron chi connectivity index (χ3n) is 8.89. The van der Waals surface area contributed by atoms with Crippen molar-refractivity contribution in [3.63, 3.8) is 0 Å². The number of anilines is 1. The molecule has 0 radical (unpaired) electrons. The number of carbonyl (C=O) groups is 2. The Hall–Kier alpha value is -3.44. The van der Waals surface area contributed by atoms with E-state index in [4.69, 9.17) is 5.26 Å². The standard InChI is InChI=1S/C29H36N6O2/c1-33(2)29(24-9-4-3-5-10-24)15-13-28(14-16-29)21-34(27(37)35(28)19-22-7-6-8-22)20-26(36)32-25-12-11-23(17-30)18-31-25/h3-5,9-12,18,22H,6-8,13-16,19-21H2,1-2H3,(H,31,32,36)/t28-,29-. The van der Waals surface area contributed by atoms with Crippen molar-refractivity contribution in [2.45, 2.75) is 56.0 Å². The van der Waals surface area contributed by atoms with Crippen molar-refractivity contribution in [3.05, 3.63) is 59.8 Å². The van der Waals surface area contributed by atoms with Crippen LogP contribution in [-0.4, -0.2) is 70.9 Å². The highest BCUT2D eigenvalue weighted by molar-refractivity contribution is 5.94. The van der Waals surface area contributed by atoms with E-state index in [0.717, 1.165) is 32.2 Å². The number of benzene rings is 1. The number of amides is 3. The first kappa shape index (κ1) is 25.2. The predicted molar refractivity (Wildman–Crippen MR) is 142 cm³/mol. The van der Waals surface area contributed by atoms with Crippen LogP contribution in [0.2, 0.25) is 0 Å². The summed E-state index contributed by atoms with van der Waals surface area (Å²) in [4.78, 5) is 36.9. The zero-order chi connectivity index (χ0) is 26.0. The molecular weight excluding hydrogens is 464 g/mol. The van der Waals surface area contributed by atoms with Gasteiger partial charge in [0.25, 0.3) is 0 Å². The van der Waals surface area contributed by atoms with Gasteiger partial charge in [-0.2, -0.15) is 5.26 Å². The normalized spacial score (nSPS) is 25.8. The van der Waals surface area contributed by atoms with Crippen LogP contribution < -0.4 is 5.32 Å². The lowest BCUT2D eigenvalue weighted by Crippen LogP contribution is -2.56. The average molecular weight is 501 g/mol. The molecule has 0 atom stereocenters. The lowest BCUT2D eigenvalue weighted by atomic mass is 9.68. The van der Waals surface area contributed by atoms with Crippen molar-refractivity contribution in [3.8, 4) is 6.07 Å². The summed E-state index contributed by atoms with van der Waals surface area (Å²) in [5, 5.41) is 11.7. The lowest BCUT2D eigenvalue weighted by Gasteiger charge is -2.51. The third-order valence-corrected chi connectivity index (χ3v) is 8.89. The smallest absolute Gasteiger partial charge is 0.317 e. The largest absolute Gasteiger partial charge is 0.321 e. The molecule has 1 aromatic carbocycles. The number of urea groups is 1. The molecule has 2 saturated carbocycles. The molecule has 1 aliphatic heterocycles. The van der Waals surface area contributed by atoms with Gasteiger partial charge < -0.3 is 15.1 Å². The Bertz CT molecular complexity index is 1160. The molecule has 0 bridgehead atoms. The second kappa shape index (κ2) is 10.1. The Morgan fingerprint density at radius 2 is 1.86 bits per heavy atom. The quantitative estimate of drug-likeness (QED) is 0.615. The SMILES string of the molecule is CN(C)[C@]1(c2ccccc2)CC[C@@]2(CC1)CN(CC(=O)Nc1ccc(C#N)cn1)C(=O)N2CC1CCC1. The van der Waals surface area contributed by atoms with Crippen molar-refractivity contribution in [1.82, 2.24) is 19.7 Å². The molecule has 3 aliphatic rings. The maximum atomic E-state index is 13.7. The number of hydrogen-bond acceptors (Lipinski definition) is 5. The number of carbonyl (C=O) groups excluding carboxylic acids is 2. The van der Waals surface area contributed by atoms with Crippen LogP contribution in [0.25, 0.3) is 0 Å². The van der Waals surface area contributed by atoms with Crippen LogP contribution in [0.4, 0.5) is 10.6 Å². The summed E-state index contributed by atoms with van der Waals surface area (Å²) < 4.78 is 0. The summed E-state index contributed by atoms with van der Waals surface area (Å²) in [5.74, 6) is 0.675. The highest BCUT2D eigenvalue weighted by Gasteiger charge is 2.55. The highest BCUT2D eigenvalue weighted by atomic mass is 16.2. The fraction of sp³-hybridized carbons (Fsp3) is 0.517. The second-order valence-corrected chi connectivity index (χ2v) is 11.2. The molecule has 2 heterocycles. The Morgan fingerprint density at radius 1 is 1.14 bits per heavy atom. The van der Waals surface area contributed by atoms with Gasteiger partial charge in [-0.25, -0.2) is 9.78 Å². The van der Waals surface area contributed by atoms with Gasteiger partial charge in [-0.1, -0.05) is 36.8 Å². The number of pyridine rings is 1. The van der Waals surface area contributed by atoms with Gasteiger partial charge in [0.05, 0.1) is 11.1 Å². The number of hydrogen-bond donors (Lipinski definition) is 1. The lowest BCUT2D eigenvalue weighted by molar-refractivity contribution is -0.116. The Morgan fingerprint density at radius 3 is 2.43 bits per heavy atom. The van der Waals surface area contributed by atoms with Gasteiger partial charge in [0, 0.05) is 24.8 Å². The summed E-state index contributed by atoms with van der Waals surface area (Å²) in [6.45, 7) is 1.36. The number of nitrogens with one attached hydrogen (secondary N) is 1. The molecule has 3 amide bonds. The van der Waals surface area contributed by atoms with E-state index in [0.29, 0.717) is 23.8 Å². The van der Waals surface area contributed by atoms with Gasteiger partial charge in [0.1, 0.15) is 18.4 Å². The third kappa shape index (κ3) is 4.80. The number of rotatable bonds is 7. The molecule has 8 nitrogen and oxygen atoms in total. The minimum Gasteiger partial charge on any atom is -0.317 e. The van der Waals surface area contributed by atoms with Crippen LogP contribution >= 0.6 is 0 Å². The van der Waals surface area contributed by atoms with E-state index in [2.05, 4.69) is 64.5 Å². The first-order chi connectivity index (χ1) is 17.8. The zero-order valence-corrected chi connectivity index (χ0v) is 21.8. The number of nitriles is 1. The first-order valence-corrected chi connectivity index (χ1v) is 13.3. The minimum atomic E-state index is -0.270. The first-order valence-electron chi connectivity index (χ1n) is 13.3. The molecule has 2 aromatic rings. The molecule has 5 rings (SSSR count). The molecule has 37 heavy (non-hydrogen) atoms. The molecule has 1 spiro atoms. The molecule has 194 valence electrons. The molecule has 2 aliphatic carbocycles. The second-order valence-electron chi connectivity index (χ2n) is 11.2. The Labute approximate surface area is 219 Å². The number of nitrogens with zero attached hydrogens (tertiary/aromatic N) is 5. The Kier molecular flexibility index (Phi) is 6.91. The van der Waals surface area contributed by atoms with Crippen molar-refractivity contribution in [2.75, 3.05) is 39.0 Å². The Balaban J connectivity index is 1.33. The fourth-order valence-electron chi connectivity index (χ4n) is 6.40. The summed E-state index contributed by atoms with van der Waals surface area (Å²) in [6, 6.07) is 15.9. The molecule has 1 aromatic heterocycles. The molecule has 0 unspecified atom stereocenters. The van der Waals surface area contributed by atoms with Crippen LogP contribution in [0, 0.1) is 17.2 Å². The van der Waals surface area contributed by atoms with Crippen LogP contribution in [-0.2, 0) is 10.3 Å². The summed E-state index contributed by atoms with van der Waals surface area (Å²) >= 11 is 0. The van der Waals surface area contributed by atoms with Crippen LogP contribution in [0.3, 0.4) is 0 Å². The van der Waals surface area contributed by atoms with E-state index in [1.807, 2.05) is 6.07 Å². The van der Waals surface area contributed by atoms with Crippen molar-refractivity contribution >= 4 is 17.8 Å². The molecular formula is C29H36N6O2. The molecule has 3 fully saturated rings. The maximum absolute atomic E-state index is 13.7. The average Bonchev–Trinajstić information content (AvgIpc) is 3.12. The van der Waals surface area contributed by atoms with Gasteiger partial charge >= 0.3 is 6.03 Å². The van der Waals surface area contributed by atoms with Crippen LogP contribution in [0.15, 0.2) is 48.7 Å². The van der Waals surface area contributed by atoms with Crippen molar-refractivity contribution < 1.29 is 9.59 Å². The predicted octanol–water partition coefficient (Wildman–Crippen LogP) is 4.20. The van der Waals surface area contributed by atoms with Gasteiger partial charge in [-0.15, -0.1) is 0 Å². The molecule has 1 saturated heterocycles. The monoisotopic (exact) mass is 500 g/mol. The molecule has 1 N–H and O–H groups in total. The molecule has 8 heteroatoms. The van der Waals surface area contributed by atoms with E-state index >= 15 is 0 Å². The topological polar surface area (TPSA) is 92.6 Å². The van der Waals surface area contributed by atoms with Gasteiger partial charge in [0.15, 0.2) is 0 Å². The van der Waals surface area contributed by atoms with Crippen LogP contribution in [0.5, 0.6) is 0 Å². The van der Waals surface area contributed by atoms with Crippen molar-refractivity contribution in [2.24, 2.45) is 5.92 Å².